The van der Waals surface area contributed by atoms with E-state index in [2.05, 4.69) is 11.0 Å². The minimum absolute atomic E-state index is 0.187. The molecule has 22 heavy (non-hydrogen) atoms. The van der Waals surface area contributed by atoms with Crippen LogP contribution in [0.1, 0.15) is 25.0 Å². The van der Waals surface area contributed by atoms with Gasteiger partial charge in [-0.1, -0.05) is 6.07 Å². The maximum absolute atomic E-state index is 10.2. The van der Waals surface area contributed by atoms with Crippen LogP contribution >= 0.6 is 0 Å². The van der Waals surface area contributed by atoms with E-state index in [1.165, 1.54) is 0 Å². The van der Waals surface area contributed by atoms with E-state index >= 15 is 0 Å². The Morgan fingerprint density at radius 1 is 1.41 bits per heavy atom. The van der Waals surface area contributed by atoms with Gasteiger partial charge in [-0.3, -0.25) is 4.90 Å². The second kappa shape index (κ2) is 7.59. The molecule has 0 amide bonds. The molecule has 0 aliphatic carbocycles. The summed E-state index contributed by atoms with van der Waals surface area (Å²) in [5.74, 6) is 0.654. The summed E-state index contributed by atoms with van der Waals surface area (Å²) in [5, 5.41) is 19.1. The van der Waals surface area contributed by atoms with Crippen LogP contribution in [-0.2, 0) is 4.74 Å². The van der Waals surface area contributed by atoms with Gasteiger partial charge in [0, 0.05) is 19.6 Å². The number of nitriles is 1. The summed E-state index contributed by atoms with van der Waals surface area (Å²) >= 11 is 0. The molecule has 1 aromatic rings. The summed E-state index contributed by atoms with van der Waals surface area (Å²) < 4.78 is 11.4. The van der Waals surface area contributed by atoms with Crippen LogP contribution in [0.4, 0.5) is 0 Å². The summed E-state index contributed by atoms with van der Waals surface area (Å²) in [7, 11) is 0. The van der Waals surface area contributed by atoms with Gasteiger partial charge in [0.15, 0.2) is 0 Å². The second-order valence-electron chi connectivity index (χ2n) is 6.03. The summed E-state index contributed by atoms with van der Waals surface area (Å²) in [6, 6.07) is 7.41. The van der Waals surface area contributed by atoms with Crippen molar-refractivity contribution in [2.24, 2.45) is 0 Å². The molecule has 1 N–H and O–H groups in total. The third-order valence-corrected chi connectivity index (χ3v) is 3.71. The van der Waals surface area contributed by atoms with Gasteiger partial charge < -0.3 is 14.6 Å². The number of aliphatic hydroxyl groups is 1. The third-order valence-electron chi connectivity index (χ3n) is 3.71. The lowest BCUT2D eigenvalue weighted by Crippen LogP contribution is -2.48. The Morgan fingerprint density at radius 3 is 2.73 bits per heavy atom. The zero-order valence-corrected chi connectivity index (χ0v) is 13.5. The van der Waals surface area contributed by atoms with Gasteiger partial charge in [-0.2, -0.15) is 5.26 Å². The smallest absolute Gasteiger partial charge is 0.123 e. The van der Waals surface area contributed by atoms with Gasteiger partial charge in [0.25, 0.3) is 0 Å². The zero-order chi connectivity index (χ0) is 16.1. The highest BCUT2D eigenvalue weighted by molar-refractivity contribution is 5.41. The largest absolute Gasteiger partial charge is 0.491 e. The molecule has 3 unspecified atom stereocenters. The number of aliphatic hydroxyl groups excluding tert-OH is 1. The highest BCUT2D eigenvalue weighted by atomic mass is 16.5. The lowest BCUT2D eigenvalue weighted by atomic mass is 10.1. The molecule has 1 saturated heterocycles. The second-order valence-corrected chi connectivity index (χ2v) is 6.03. The Hall–Kier alpha value is -1.61. The van der Waals surface area contributed by atoms with Crippen LogP contribution in [-0.4, -0.2) is 54.6 Å². The van der Waals surface area contributed by atoms with Crippen molar-refractivity contribution in [1.82, 2.24) is 4.90 Å². The van der Waals surface area contributed by atoms with Crippen molar-refractivity contribution in [1.29, 1.82) is 5.26 Å². The maximum Gasteiger partial charge on any atom is 0.123 e. The standard InChI is InChI=1S/C17H24N2O3/c1-12-4-5-15(7-18)6-17(12)21-11-16(20)10-19-8-13(2)22-14(3)9-19/h4-6,13-14,16,20H,8-11H2,1-3H3. The van der Waals surface area contributed by atoms with Gasteiger partial charge in [-0.25, -0.2) is 0 Å². The summed E-state index contributed by atoms with van der Waals surface area (Å²) in [6.45, 7) is 8.44. The molecule has 3 atom stereocenters. The van der Waals surface area contributed by atoms with Crippen LogP contribution in [0.15, 0.2) is 18.2 Å². The lowest BCUT2D eigenvalue weighted by Gasteiger charge is -2.36. The number of β-amino-alcohol motifs (C(OH)–C–C–N with tert-alkyl or cyclic N) is 1. The van der Waals surface area contributed by atoms with Crippen LogP contribution in [0.25, 0.3) is 0 Å². The molecule has 5 heteroatoms. The molecule has 0 spiro atoms. The molecule has 1 fully saturated rings. The molecule has 0 saturated carbocycles. The minimum Gasteiger partial charge on any atom is -0.491 e. The Morgan fingerprint density at radius 2 is 2.09 bits per heavy atom. The molecular weight excluding hydrogens is 280 g/mol. The Labute approximate surface area is 132 Å². The van der Waals surface area contributed by atoms with E-state index in [9.17, 15) is 5.11 Å². The van der Waals surface area contributed by atoms with Crippen molar-refractivity contribution in [2.45, 2.75) is 39.1 Å². The fraction of sp³-hybridized carbons (Fsp3) is 0.588. The first-order valence-corrected chi connectivity index (χ1v) is 7.67. The molecule has 1 aromatic carbocycles. The molecular formula is C17H24N2O3. The highest BCUT2D eigenvalue weighted by Gasteiger charge is 2.24. The number of nitrogens with zero attached hydrogens (tertiary/aromatic N) is 2. The van der Waals surface area contributed by atoms with Crippen LogP contribution in [0.5, 0.6) is 5.75 Å². The van der Waals surface area contributed by atoms with E-state index in [0.717, 1.165) is 18.7 Å². The Balaban J connectivity index is 1.85. The number of benzene rings is 1. The predicted molar refractivity (Wildman–Crippen MR) is 83.8 cm³/mol. The first-order valence-electron chi connectivity index (χ1n) is 7.67. The fourth-order valence-corrected chi connectivity index (χ4v) is 2.80. The van der Waals surface area contributed by atoms with Gasteiger partial charge >= 0.3 is 0 Å². The van der Waals surface area contributed by atoms with Crippen molar-refractivity contribution in [3.8, 4) is 11.8 Å². The van der Waals surface area contributed by atoms with Crippen LogP contribution < -0.4 is 4.74 Å². The molecule has 0 aromatic heterocycles. The first-order chi connectivity index (χ1) is 10.5. The normalized spacial score (nSPS) is 23.8. The summed E-state index contributed by atoms with van der Waals surface area (Å²) in [5.41, 5.74) is 1.52. The Kier molecular flexibility index (Phi) is 5.78. The van der Waals surface area contributed by atoms with Crippen LogP contribution in [0.2, 0.25) is 0 Å². The van der Waals surface area contributed by atoms with E-state index in [-0.39, 0.29) is 18.8 Å². The van der Waals surface area contributed by atoms with Crippen molar-refractivity contribution in [3.63, 3.8) is 0 Å². The van der Waals surface area contributed by atoms with E-state index in [4.69, 9.17) is 14.7 Å². The number of aryl methyl sites for hydroxylation is 1. The number of hydrogen-bond acceptors (Lipinski definition) is 5. The third kappa shape index (κ3) is 4.70. The number of hydrogen-bond donors (Lipinski definition) is 1. The number of rotatable bonds is 5. The average molecular weight is 304 g/mol. The average Bonchev–Trinajstić information content (AvgIpc) is 2.45. The van der Waals surface area contributed by atoms with Gasteiger partial charge in [-0.15, -0.1) is 0 Å². The van der Waals surface area contributed by atoms with Crippen molar-refractivity contribution < 1.29 is 14.6 Å². The molecule has 1 aliphatic rings. The minimum atomic E-state index is -0.567. The lowest BCUT2D eigenvalue weighted by molar-refractivity contribution is -0.0786. The van der Waals surface area contributed by atoms with Gasteiger partial charge in [0.2, 0.25) is 0 Å². The van der Waals surface area contributed by atoms with Crippen LogP contribution in [0, 0.1) is 18.3 Å². The molecule has 1 aliphatic heterocycles. The summed E-state index contributed by atoms with van der Waals surface area (Å²) in [4.78, 5) is 2.20. The molecule has 0 radical (unpaired) electrons. The maximum atomic E-state index is 10.2. The van der Waals surface area contributed by atoms with Gasteiger partial charge in [0.1, 0.15) is 18.5 Å². The predicted octanol–water partition coefficient (Wildman–Crippen LogP) is 1.72. The van der Waals surface area contributed by atoms with Crippen molar-refractivity contribution in [3.05, 3.63) is 29.3 Å². The number of morpholine rings is 1. The van der Waals surface area contributed by atoms with Crippen molar-refractivity contribution >= 4 is 0 Å². The Bertz CT molecular complexity index is 531. The van der Waals surface area contributed by atoms with E-state index in [0.29, 0.717) is 17.9 Å². The van der Waals surface area contributed by atoms with E-state index in [1.807, 2.05) is 26.8 Å². The first kappa shape index (κ1) is 16.8. The van der Waals surface area contributed by atoms with E-state index in [1.54, 1.807) is 12.1 Å². The molecule has 5 nitrogen and oxygen atoms in total. The monoisotopic (exact) mass is 304 g/mol. The summed E-state index contributed by atoms with van der Waals surface area (Å²) in [6.07, 6.45) is -0.194. The molecule has 120 valence electrons. The highest BCUT2D eigenvalue weighted by Crippen LogP contribution is 2.19. The molecule has 1 heterocycles. The van der Waals surface area contributed by atoms with E-state index < -0.39 is 6.10 Å². The van der Waals surface area contributed by atoms with Gasteiger partial charge in [0.05, 0.1) is 23.8 Å². The van der Waals surface area contributed by atoms with Gasteiger partial charge in [-0.05, 0) is 38.5 Å². The molecule has 2 rings (SSSR count). The van der Waals surface area contributed by atoms with Crippen molar-refractivity contribution in [2.75, 3.05) is 26.2 Å². The quantitative estimate of drug-likeness (QED) is 0.897. The zero-order valence-electron chi connectivity index (χ0n) is 13.5. The fourth-order valence-electron chi connectivity index (χ4n) is 2.80. The number of ether oxygens (including phenoxy) is 2. The topological polar surface area (TPSA) is 65.7 Å². The van der Waals surface area contributed by atoms with Crippen LogP contribution in [0.3, 0.4) is 0 Å². The SMILES string of the molecule is Cc1ccc(C#N)cc1OCC(O)CN1CC(C)OC(C)C1. The molecule has 0 bridgehead atoms.